The molecule has 3 nitrogen and oxygen atoms in total. The van der Waals surface area contributed by atoms with Crippen molar-refractivity contribution in [3.05, 3.63) is 30.1 Å². The van der Waals surface area contributed by atoms with Gasteiger partial charge in [0.05, 0.1) is 13.3 Å². The molecule has 0 fully saturated rings. The molecular weight excluding hydrogens is 154 g/mol. The maximum atomic E-state index is 9.99. The van der Waals surface area contributed by atoms with Crippen LogP contribution in [0.3, 0.4) is 0 Å². The highest BCUT2D eigenvalue weighted by Crippen LogP contribution is 2.10. The number of allylic oxidation sites excluding steroid dienone is 1. The van der Waals surface area contributed by atoms with Crippen LogP contribution in [-0.4, -0.2) is 18.4 Å². The van der Waals surface area contributed by atoms with E-state index in [4.69, 9.17) is 4.74 Å². The van der Waals surface area contributed by atoms with Gasteiger partial charge in [-0.1, -0.05) is 6.08 Å². The van der Waals surface area contributed by atoms with Gasteiger partial charge in [-0.05, 0) is 17.7 Å². The second-order valence-corrected chi connectivity index (χ2v) is 2.15. The molecule has 62 valence electrons. The summed E-state index contributed by atoms with van der Waals surface area (Å²) in [7, 11) is 1.57. The first-order chi connectivity index (χ1) is 5.86. The van der Waals surface area contributed by atoms with E-state index in [1.54, 1.807) is 31.6 Å². The molecule has 0 bridgehead atoms. The van der Waals surface area contributed by atoms with Crippen molar-refractivity contribution in [1.29, 1.82) is 0 Å². The second kappa shape index (κ2) is 4.28. The summed E-state index contributed by atoms with van der Waals surface area (Å²) >= 11 is 0. The molecule has 1 heterocycles. The molecule has 0 spiro atoms. The van der Waals surface area contributed by atoms with Gasteiger partial charge in [0.2, 0.25) is 0 Å². The maximum Gasteiger partial charge on any atom is 0.142 e. The van der Waals surface area contributed by atoms with E-state index < -0.39 is 0 Å². The van der Waals surface area contributed by atoms with Crippen LogP contribution in [0.5, 0.6) is 5.75 Å². The number of rotatable bonds is 3. The minimum atomic E-state index is 0.683. The van der Waals surface area contributed by atoms with E-state index in [0.717, 1.165) is 11.8 Å². The standard InChI is InChI=1S/C9H9NO2/c1-12-9-5-8(3-2-4-11)6-10-7-9/h2-7H,1H3/b3-2+. The molecule has 12 heavy (non-hydrogen) atoms. The first-order valence-corrected chi connectivity index (χ1v) is 3.47. The van der Waals surface area contributed by atoms with E-state index in [2.05, 4.69) is 4.98 Å². The first-order valence-electron chi connectivity index (χ1n) is 3.47. The van der Waals surface area contributed by atoms with Gasteiger partial charge in [0, 0.05) is 6.20 Å². The SMILES string of the molecule is COc1cncc(/C=C/C=O)c1. The summed E-state index contributed by atoms with van der Waals surface area (Å²) < 4.78 is 4.95. The Morgan fingerprint density at radius 3 is 3.00 bits per heavy atom. The summed E-state index contributed by atoms with van der Waals surface area (Å²) in [4.78, 5) is 13.9. The molecule has 0 saturated heterocycles. The monoisotopic (exact) mass is 163 g/mol. The Morgan fingerprint density at radius 1 is 1.50 bits per heavy atom. The minimum Gasteiger partial charge on any atom is -0.495 e. The van der Waals surface area contributed by atoms with Crippen LogP contribution in [0, 0.1) is 0 Å². The molecule has 0 radical (unpaired) electrons. The fraction of sp³-hybridized carbons (Fsp3) is 0.111. The molecule has 1 aromatic heterocycles. The number of carbonyl (C=O) groups is 1. The van der Waals surface area contributed by atoms with Crippen molar-refractivity contribution in [2.75, 3.05) is 7.11 Å². The second-order valence-electron chi connectivity index (χ2n) is 2.15. The Hall–Kier alpha value is -1.64. The van der Waals surface area contributed by atoms with Crippen LogP contribution in [0.1, 0.15) is 5.56 Å². The Morgan fingerprint density at radius 2 is 2.33 bits per heavy atom. The molecular formula is C9H9NO2. The quantitative estimate of drug-likeness (QED) is 0.498. The number of pyridine rings is 1. The van der Waals surface area contributed by atoms with Gasteiger partial charge in [-0.15, -0.1) is 0 Å². The zero-order chi connectivity index (χ0) is 8.81. The van der Waals surface area contributed by atoms with E-state index >= 15 is 0 Å². The van der Waals surface area contributed by atoms with Crippen molar-refractivity contribution in [3.8, 4) is 5.75 Å². The molecule has 0 aliphatic carbocycles. The predicted molar refractivity (Wildman–Crippen MR) is 45.9 cm³/mol. The van der Waals surface area contributed by atoms with Crippen LogP contribution in [0.25, 0.3) is 6.08 Å². The zero-order valence-corrected chi connectivity index (χ0v) is 6.73. The van der Waals surface area contributed by atoms with Gasteiger partial charge in [0.15, 0.2) is 0 Å². The van der Waals surface area contributed by atoms with E-state index in [1.165, 1.54) is 6.08 Å². The summed E-state index contributed by atoms with van der Waals surface area (Å²) in [5, 5.41) is 0. The third-order valence-electron chi connectivity index (χ3n) is 1.34. The number of methoxy groups -OCH3 is 1. The maximum absolute atomic E-state index is 9.99. The lowest BCUT2D eigenvalue weighted by molar-refractivity contribution is -0.104. The average molecular weight is 163 g/mol. The Labute approximate surface area is 70.7 Å². The number of nitrogens with zero attached hydrogens (tertiary/aromatic N) is 1. The van der Waals surface area contributed by atoms with Gasteiger partial charge in [0.1, 0.15) is 12.0 Å². The zero-order valence-electron chi connectivity index (χ0n) is 6.73. The Balaban J connectivity index is 2.86. The number of aldehydes is 1. The van der Waals surface area contributed by atoms with Gasteiger partial charge in [0.25, 0.3) is 0 Å². The summed E-state index contributed by atoms with van der Waals surface area (Å²) in [5.41, 5.74) is 0.849. The van der Waals surface area contributed by atoms with Gasteiger partial charge in [-0.2, -0.15) is 0 Å². The fourth-order valence-corrected chi connectivity index (χ4v) is 0.789. The van der Waals surface area contributed by atoms with Crippen molar-refractivity contribution in [3.63, 3.8) is 0 Å². The highest BCUT2D eigenvalue weighted by molar-refractivity contribution is 5.73. The highest BCUT2D eigenvalue weighted by atomic mass is 16.5. The fourth-order valence-electron chi connectivity index (χ4n) is 0.789. The molecule has 0 aliphatic heterocycles. The molecule has 1 aromatic rings. The van der Waals surface area contributed by atoms with Crippen molar-refractivity contribution in [2.45, 2.75) is 0 Å². The van der Waals surface area contributed by atoms with Crippen LogP contribution in [-0.2, 0) is 4.79 Å². The molecule has 0 aromatic carbocycles. The van der Waals surface area contributed by atoms with Crippen LogP contribution in [0.4, 0.5) is 0 Å². The van der Waals surface area contributed by atoms with E-state index in [1.807, 2.05) is 0 Å². The third-order valence-corrected chi connectivity index (χ3v) is 1.34. The van der Waals surface area contributed by atoms with Gasteiger partial charge in [-0.25, -0.2) is 0 Å². The first kappa shape index (κ1) is 8.46. The lowest BCUT2D eigenvalue weighted by Gasteiger charge is -1.98. The van der Waals surface area contributed by atoms with Crippen LogP contribution in [0.2, 0.25) is 0 Å². The van der Waals surface area contributed by atoms with Crippen LogP contribution >= 0.6 is 0 Å². The van der Waals surface area contributed by atoms with E-state index in [9.17, 15) is 4.79 Å². The van der Waals surface area contributed by atoms with E-state index in [0.29, 0.717) is 5.75 Å². The van der Waals surface area contributed by atoms with E-state index in [-0.39, 0.29) is 0 Å². The van der Waals surface area contributed by atoms with Gasteiger partial charge < -0.3 is 4.74 Å². The lowest BCUT2D eigenvalue weighted by Crippen LogP contribution is -1.84. The van der Waals surface area contributed by atoms with Crippen molar-refractivity contribution in [2.24, 2.45) is 0 Å². The van der Waals surface area contributed by atoms with Gasteiger partial charge >= 0.3 is 0 Å². The lowest BCUT2D eigenvalue weighted by atomic mass is 10.2. The molecule has 1 rings (SSSR count). The highest BCUT2D eigenvalue weighted by Gasteiger charge is 1.91. The number of aromatic nitrogens is 1. The molecule has 0 N–H and O–H groups in total. The molecule has 0 amide bonds. The number of carbonyl (C=O) groups excluding carboxylic acids is 1. The predicted octanol–water partition coefficient (Wildman–Crippen LogP) is 1.30. The molecule has 0 aliphatic rings. The smallest absolute Gasteiger partial charge is 0.142 e. The van der Waals surface area contributed by atoms with Crippen LogP contribution < -0.4 is 4.74 Å². The van der Waals surface area contributed by atoms with Crippen molar-refractivity contribution in [1.82, 2.24) is 4.98 Å². The summed E-state index contributed by atoms with van der Waals surface area (Å²) in [6.45, 7) is 0. The Bertz CT molecular complexity index is 294. The number of hydrogen-bond donors (Lipinski definition) is 0. The largest absolute Gasteiger partial charge is 0.495 e. The minimum absolute atomic E-state index is 0.683. The number of ether oxygens (including phenoxy) is 1. The van der Waals surface area contributed by atoms with Crippen LogP contribution in [0.15, 0.2) is 24.5 Å². The molecule has 0 unspecified atom stereocenters. The normalized spacial score (nSPS) is 10.1. The summed E-state index contributed by atoms with van der Waals surface area (Å²) in [6.07, 6.45) is 7.07. The number of hydrogen-bond acceptors (Lipinski definition) is 3. The molecule has 3 heteroatoms. The summed E-state index contributed by atoms with van der Waals surface area (Å²) in [5.74, 6) is 0.683. The summed E-state index contributed by atoms with van der Waals surface area (Å²) in [6, 6.07) is 1.80. The molecule has 0 saturated carbocycles. The topological polar surface area (TPSA) is 39.2 Å². The third kappa shape index (κ3) is 2.20. The average Bonchev–Trinajstić information content (AvgIpc) is 2.15. The van der Waals surface area contributed by atoms with Crippen molar-refractivity contribution < 1.29 is 9.53 Å². The molecule has 0 atom stereocenters. The van der Waals surface area contributed by atoms with Crippen molar-refractivity contribution >= 4 is 12.4 Å². The van der Waals surface area contributed by atoms with Gasteiger partial charge in [-0.3, -0.25) is 9.78 Å². The Kier molecular flexibility index (Phi) is 3.02.